The Labute approximate surface area is 156 Å². The van der Waals surface area contributed by atoms with E-state index in [1.165, 1.54) is 25.5 Å². The van der Waals surface area contributed by atoms with Crippen LogP contribution in [-0.4, -0.2) is 23.4 Å². The zero-order valence-corrected chi connectivity index (χ0v) is 14.7. The van der Waals surface area contributed by atoms with Crippen molar-refractivity contribution < 1.29 is 14.9 Å². The topological polar surface area (TPSA) is 85.0 Å². The Balaban J connectivity index is 2.11. The monoisotopic (exact) mass is 362 g/mol. The average Bonchev–Trinajstić information content (AvgIpc) is 2.69. The highest BCUT2D eigenvalue weighted by Crippen LogP contribution is 2.35. The van der Waals surface area contributed by atoms with E-state index in [0.29, 0.717) is 23.1 Å². The second-order valence-electron chi connectivity index (χ2n) is 5.97. The zero-order valence-electron chi connectivity index (χ0n) is 14.7. The van der Waals surface area contributed by atoms with Crippen LogP contribution in [0.15, 0.2) is 71.9 Å². The first-order chi connectivity index (χ1) is 13.1. The van der Waals surface area contributed by atoms with E-state index >= 15 is 0 Å². The van der Waals surface area contributed by atoms with Crippen molar-refractivity contribution in [1.82, 2.24) is 0 Å². The summed E-state index contributed by atoms with van der Waals surface area (Å²) in [5.41, 5.74) is 3.56. The predicted octanol–water partition coefficient (Wildman–Crippen LogP) is 4.54. The van der Waals surface area contributed by atoms with E-state index in [2.05, 4.69) is 5.16 Å². The fraction of sp³-hybridized carbons (Fsp3) is 0.0952. The summed E-state index contributed by atoms with van der Waals surface area (Å²) in [6.45, 7) is 0. The van der Waals surface area contributed by atoms with Gasteiger partial charge < -0.3 is 9.94 Å². The highest BCUT2D eigenvalue weighted by atomic mass is 16.6. The van der Waals surface area contributed by atoms with E-state index in [9.17, 15) is 15.2 Å². The third-order valence-corrected chi connectivity index (χ3v) is 4.12. The molecule has 6 nitrogen and oxygen atoms in total. The molecule has 0 atom stereocenters. The molecule has 0 bridgehead atoms. The summed E-state index contributed by atoms with van der Waals surface area (Å²) in [5.74, 6) is -0.00638. The second-order valence-corrected chi connectivity index (χ2v) is 5.97. The van der Waals surface area contributed by atoms with Gasteiger partial charge in [0.1, 0.15) is 12.9 Å². The lowest BCUT2D eigenvalue weighted by atomic mass is 9.95. The van der Waals surface area contributed by atoms with Crippen LogP contribution in [0.4, 0.5) is 5.69 Å². The number of hydrogen-bond donors (Lipinski definition) is 1. The summed E-state index contributed by atoms with van der Waals surface area (Å²) in [7, 11) is 1.42. The van der Waals surface area contributed by atoms with Gasteiger partial charge in [-0.25, -0.2) is 0 Å². The van der Waals surface area contributed by atoms with E-state index in [1.807, 2.05) is 42.5 Å². The summed E-state index contributed by atoms with van der Waals surface area (Å²) in [4.78, 5) is 15.4. The molecule has 3 rings (SSSR count). The van der Waals surface area contributed by atoms with Gasteiger partial charge in [-0.3, -0.25) is 10.1 Å². The van der Waals surface area contributed by atoms with Crippen LogP contribution in [0.5, 0.6) is 5.75 Å². The van der Waals surface area contributed by atoms with Crippen LogP contribution in [0.25, 0.3) is 11.1 Å². The molecule has 6 heteroatoms. The largest absolute Gasteiger partial charge is 0.507 e. The van der Waals surface area contributed by atoms with Crippen LogP contribution in [0, 0.1) is 10.1 Å². The van der Waals surface area contributed by atoms with Crippen molar-refractivity contribution in [3.05, 3.63) is 93.5 Å². The van der Waals surface area contributed by atoms with Gasteiger partial charge >= 0.3 is 0 Å². The Morgan fingerprint density at radius 2 is 1.85 bits per heavy atom. The molecular formula is C21H18N2O4. The van der Waals surface area contributed by atoms with Gasteiger partial charge in [0.05, 0.1) is 11.1 Å². The smallest absolute Gasteiger partial charge is 0.270 e. The number of nitrogens with zero attached hydrogens (tertiary/aromatic N) is 2. The van der Waals surface area contributed by atoms with Gasteiger partial charge in [0.15, 0.2) is 0 Å². The molecule has 27 heavy (non-hydrogen) atoms. The van der Waals surface area contributed by atoms with E-state index in [0.717, 1.165) is 11.1 Å². The molecule has 0 radical (unpaired) electrons. The van der Waals surface area contributed by atoms with Crippen LogP contribution < -0.4 is 0 Å². The molecule has 0 saturated carbocycles. The number of benzene rings is 3. The third kappa shape index (κ3) is 4.30. The van der Waals surface area contributed by atoms with Gasteiger partial charge in [-0.1, -0.05) is 47.6 Å². The number of phenols is 1. The first-order valence-electron chi connectivity index (χ1n) is 8.29. The maximum atomic E-state index is 11.1. The maximum absolute atomic E-state index is 11.1. The van der Waals surface area contributed by atoms with Crippen LogP contribution in [-0.2, 0) is 11.3 Å². The Morgan fingerprint density at radius 3 is 2.56 bits per heavy atom. The number of rotatable bonds is 6. The van der Waals surface area contributed by atoms with Gasteiger partial charge in [-0.05, 0) is 35.2 Å². The summed E-state index contributed by atoms with van der Waals surface area (Å²) < 4.78 is 0. The van der Waals surface area contributed by atoms with E-state index < -0.39 is 4.92 Å². The number of aromatic hydroxyl groups is 1. The number of nitro groups is 1. The molecule has 0 aromatic heterocycles. The molecule has 3 aromatic carbocycles. The number of non-ortho nitro benzene ring substituents is 1. The van der Waals surface area contributed by atoms with E-state index in [1.54, 1.807) is 12.1 Å². The highest BCUT2D eigenvalue weighted by molar-refractivity contribution is 5.89. The van der Waals surface area contributed by atoms with Crippen molar-refractivity contribution in [2.75, 3.05) is 7.11 Å². The van der Waals surface area contributed by atoms with Crippen LogP contribution in [0.2, 0.25) is 0 Å². The van der Waals surface area contributed by atoms with E-state index in [4.69, 9.17) is 4.84 Å². The first-order valence-corrected chi connectivity index (χ1v) is 8.29. The fourth-order valence-electron chi connectivity index (χ4n) is 2.87. The van der Waals surface area contributed by atoms with Gasteiger partial charge in [-0.15, -0.1) is 0 Å². The van der Waals surface area contributed by atoms with Crippen LogP contribution in [0.3, 0.4) is 0 Å². The quantitative estimate of drug-likeness (QED) is 0.396. The molecule has 0 unspecified atom stereocenters. The van der Waals surface area contributed by atoms with Gasteiger partial charge in [-0.2, -0.15) is 0 Å². The lowest BCUT2D eigenvalue weighted by molar-refractivity contribution is -0.384. The predicted molar refractivity (Wildman–Crippen MR) is 104 cm³/mol. The Morgan fingerprint density at radius 1 is 1.07 bits per heavy atom. The number of oxime groups is 1. The molecular weight excluding hydrogens is 344 g/mol. The van der Waals surface area contributed by atoms with E-state index in [-0.39, 0.29) is 11.4 Å². The SMILES string of the molecule is CO/N=C/c1cc(Cc2ccccc2)cc(-c2cccc([N+](=O)[O-])c2)c1O. The molecule has 0 saturated heterocycles. The second kappa shape index (κ2) is 8.14. The molecule has 136 valence electrons. The summed E-state index contributed by atoms with van der Waals surface area (Å²) in [6, 6.07) is 19.8. The molecule has 0 heterocycles. The maximum Gasteiger partial charge on any atom is 0.270 e. The molecule has 0 aliphatic heterocycles. The molecule has 0 amide bonds. The lowest BCUT2D eigenvalue weighted by Crippen LogP contribution is -1.95. The summed E-state index contributed by atoms with van der Waals surface area (Å²) in [6.07, 6.45) is 2.07. The van der Waals surface area contributed by atoms with Crippen molar-refractivity contribution >= 4 is 11.9 Å². The fourth-order valence-corrected chi connectivity index (χ4v) is 2.87. The number of phenolic OH excluding ortho intramolecular Hbond substituents is 1. The number of hydrogen-bond acceptors (Lipinski definition) is 5. The van der Waals surface area contributed by atoms with Gasteiger partial charge in [0, 0.05) is 23.3 Å². The minimum Gasteiger partial charge on any atom is -0.507 e. The van der Waals surface area contributed by atoms with Crippen molar-refractivity contribution in [3.8, 4) is 16.9 Å². The zero-order chi connectivity index (χ0) is 19.2. The Kier molecular flexibility index (Phi) is 5.47. The normalized spacial score (nSPS) is 10.9. The Bertz CT molecular complexity index is 985. The highest BCUT2D eigenvalue weighted by Gasteiger charge is 2.14. The summed E-state index contributed by atoms with van der Waals surface area (Å²) in [5, 5.41) is 25.5. The van der Waals surface area contributed by atoms with Crippen molar-refractivity contribution in [2.45, 2.75) is 6.42 Å². The van der Waals surface area contributed by atoms with Crippen molar-refractivity contribution in [1.29, 1.82) is 0 Å². The minimum atomic E-state index is -0.457. The Hall–Kier alpha value is -3.67. The van der Waals surface area contributed by atoms with Gasteiger partial charge in [0.25, 0.3) is 5.69 Å². The van der Waals surface area contributed by atoms with Crippen LogP contribution in [0.1, 0.15) is 16.7 Å². The van der Waals surface area contributed by atoms with Gasteiger partial charge in [0.2, 0.25) is 0 Å². The molecule has 0 fully saturated rings. The molecule has 0 spiro atoms. The minimum absolute atomic E-state index is 0.00638. The molecule has 1 N–H and O–H groups in total. The summed E-state index contributed by atoms with van der Waals surface area (Å²) >= 11 is 0. The molecule has 3 aromatic rings. The average molecular weight is 362 g/mol. The van der Waals surface area contributed by atoms with Crippen LogP contribution >= 0.6 is 0 Å². The molecule has 0 aliphatic carbocycles. The molecule has 0 aliphatic rings. The number of nitro benzene ring substituents is 1. The first kappa shape index (κ1) is 18.1. The van der Waals surface area contributed by atoms with Crippen molar-refractivity contribution in [2.24, 2.45) is 5.16 Å². The standard InChI is InChI=1S/C21H18N2O4/c1-27-22-14-18-11-16(10-15-6-3-2-4-7-15)12-20(21(18)24)17-8-5-9-19(13-17)23(25)26/h2-9,11-14,24H,10H2,1H3/b22-14+. The van der Waals surface area contributed by atoms with Crippen molar-refractivity contribution in [3.63, 3.8) is 0 Å². The third-order valence-electron chi connectivity index (χ3n) is 4.12. The lowest BCUT2D eigenvalue weighted by Gasteiger charge is -2.12.